The van der Waals surface area contributed by atoms with Crippen LogP contribution in [-0.4, -0.2) is 46.5 Å². The van der Waals surface area contributed by atoms with Crippen LogP contribution in [-0.2, 0) is 0 Å². The second-order valence-electron chi connectivity index (χ2n) is 2.21. The zero-order valence-electron chi connectivity index (χ0n) is 7.15. The van der Waals surface area contributed by atoms with Gasteiger partial charge >= 0.3 is 5.97 Å². The predicted molar refractivity (Wildman–Crippen MR) is 47.7 cm³/mol. The van der Waals surface area contributed by atoms with Gasteiger partial charge in [0.25, 0.3) is 0 Å². The molecular weight excluding hydrogens is 181 g/mol. The molecule has 4 nitrogen and oxygen atoms in total. The summed E-state index contributed by atoms with van der Waals surface area (Å²) >= 11 is 0. The van der Waals surface area contributed by atoms with Crippen molar-refractivity contribution in [1.29, 1.82) is 0 Å². The van der Waals surface area contributed by atoms with E-state index in [9.17, 15) is 9.59 Å². The van der Waals surface area contributed by atoms with Crippen molar-refractivity contribution in [2.24, 2.45) is 5.73 Å². The Balaban J connectivity index is 0.00000144. The van der Waals surface area contributed by atoms with Crippen LogP contribution in [0.15, 0.2) is 24.3 Å². The summed E-state index contributed by atoms with van der Waals surface area (Å²) < 4.78 is 0. The quantitative estimate of drug-likeness (QED) is 0.646. The van der Waals surface area contributed by atoms with E-state index in [1.165, 1.54) is 18.2 Å². The Bertz CT molecular complexity index is 305. The topological polar surface area (TPSA) is 80.4 Å². The van der Waals surface area contributed by atoms with Gasteiger partial charge in [0.1, 0.15) is 0 Å². The first-order chi connectivity index (χ1) is 5.63. The first-order valence-electron chi connectivity index (χ1n) is 3.25. The molecule has 1 radical (unpaired) electrons. The van der Waals surface area contributed by atoms with Gasteiger partial charge in [-0.05, 0) is 12.1 Å². The van der Waals surface area contributed by atoms with Crippen LogP contribution in [0.3, 0.4) is 0 Å². The van der Waals surface area contributed by atoms with Gasteiger partial charge in [-0.2, -0.15) is 0 Å². The molecule has 0 bridgehead atoms. The zero-order valence-corrected chi connectivity index (χ0v) is 9.15. The summed E-state index contributed by atoms with van der Waals surface area (Å²) in [7, 11) is 0. The smallest absolute Gasteiger partial charge is 0.336 e. The Hall–Kier alpha value is -0.840. The van der Waals surface area contributed by atoms with E-state index in [0.717, 1.165) is 0 Å². The third-order valence-electron chi connectivity index (χ3n) is 1.42. The minimum atomic E-state index is -1.15. The summed E-state index contributed by atoms with van der Waals surface area (Å²) in [6, 6.07) is 5.82. The Morgan fingerprint density at radius 2 is 1.62 bits per heavy atom. The molecular formula is C8H7NNaO3. The van der Waals surface area contributed by atoms with Crippen LogP contribution >= 0.6 is 0 Å². The molecule has 63 valence electrons. The van der Waals surface area contributed by atoms with E-state index in [4.69, 9.17) is 10.8 Å². The SMILES string of the molecule is NC(=O)c1ccccc1C(=O)O.[Na]. The predicted octanol–water partition coefficient (Wildman–Crippen LogP) is 0.103. The van der Waals surface area contributed by atoms with Gasteiger partial charge in [0, 0.05) is 29.6 Å². The molecule has 1 amide bonds. The standard InChI is InChI=1S/C8H7NO3.Na/c9-7(10)5-3-1-2-4-6(5)8(11)12;/h1-4H,(H2,9,10)(H,11,12);. The number of hydrogen-bond donors (Lipinski definition) is 2. The van der Waals surface area contributed by atoms with Crippen molar-refractivity contribution in [1.82, 2.24) is 0 Å². The minimum Gasteiger partial charge on any atom is -0.478 e. The Morgan fingerprint density at radius 3 is 1.92 bits per heavy atom. The minimum absolute atomic E-state index is 0. The van der Waals surface area contributed by atoms with E-state index in [2.05, 4.69) is 0 Å². The molecule has 0 spiro atoms. The Labute approximate surface area is 97.0 Å². The fourth-order valence-electron chi connectivity index (χ4n) is 0.884. The molecule has 0 fully saturated rings. The van der Waals surface area contributed by atoms with Crippen molar-refractivity contribution in [2.45, 2.75) is 0 Å². The fourth-order valence-corrected chi connectivity index (χ4v) is 0.884. The molecule has 0 aliphatic heterocycles. The van der Waals surface area contributed by atoms with E-state index in [1.807, 2.05) is 0 Å². The van der Waals surface area contributed by atoms with Crippen LogP contribution < -0.4 is 5.73 Å². The molecule has 0 aliphatic carbocycles. The van der Waals surface area contributed by atoms with Crippen molar-refractivity contribution in [2.75, 3.05) is 0 Å². The number of carboxylic acids is 1. The van der Waals surface area contributed by atoms with Crippen LogP contribution in [0.2, 0.25) is 0 Å². The summed E-state index contributed by atoms with van der Waals surface area (Å²) in [5, 5.41) is 8.61. The van der Waals surface area contributed by atoms with Crippen molar-refractivity contribution >= 4 is 41.4 Å². The number of rotatable bonds is 2. The summed E-state index contributed by atoms with van der Waals surface area (Å²) in [6.07, 6.45) is 0. The molecule has 1 aromatic rings. The normalized spacial score (nSPS) is 8.62. The summed E-state index contributed by atoms with van der Waals surface area (Å²) in [4.78, 5) is 21.2. The number of carbonyl (C=O) groups is 2. The van der Waals surface area contributed by atoms with Gasteiger partial charge in [0.05, 0.1) is 11.1 Å². The largest absolute Gasteiger partial charge is 0.478 e. The average Bonchev–Trinajstić information content (AvgIpc) is 2.04. The monoisotopic (exact) mass is 188 g/mol. The molecule has 13 heavy (non-hydrogen) atoms. The molecule has 1 rings (SSSR count). The van der Waals surface area contributed by atoms with Crippen molar-refractivity contribution in [3.8, 4) is 0 Å². The molecule has 0 saturated heterocycles. The number of hydrogen-bond acceptors (Lipinski definition) is 2. The molecule has 0 heterocycles. The second-order valence-corrected chi connectivity index (χ2v) is 2.21. The molecule has 5 heteroatoms. The molecule has 0 aromatic heterocycles. The van der Waals surface area contributed by atoms with Gasteiger partial charge < -0.3 is 10.8 Å². The maximum absolute atomic E-state index is 10.7. The molecule has 0 unspecified atom stereocenters. The molecule has 0 atom stereocenters. The first-order valence-corrected chi connectivity index (χ1v) is 3.25. The van der Waals surface area contributed by atoms with Crippen LogP contribution in [0, 0.1) is 0 Å². The molecule has 1 aromatic carbocycles. The Kier molecular flexibility index (Phi) is 4.69. The third-order valence-corrected chi connectivity index (χ3v) is 1.42. The van der Waals surface area contributed by atoms with Gasteiger partial charge in [-0.25, -0.2) is 4.79 Å². The van der Waals surface area contributed by atoms with Gasteiger partial charge in [-0.1, -0.05) is 12.1 Å². The fraction of sp³-hybridized carbons (Fsp3) is 0. The van der Waals surface area contributed by atoms with Gasteiger partial charge in [0.15, 0.2) is 0 Å². The van der Waals surface area contributed by atoms with Crippen LogP contribution in [0.1, 0.15) is 20.7 Å². The zero-order chi connectivity index (χ0) is 9.14. The first kappa shape index (κ1) is 12.2. The van der Waals surface area contributed by atoms with E-state index in [1.54, 1.807) is 6.07 Å². The number of primary amides is 1. The number of carboxylic acid groups (broad SMARTS) is 1. The number of benzene rings is 1. The van der Waals surface area contributed by atoms with E-state index >= 15 is 0 Å². The van der Waals surface area contributed by atoms with Gasteiger partial charge in [0.2, 0.25) is 5.91 Å². The number of nitrogens with two attached hydrogens (primary N) is 1. The average molecular weight is 188 g/mol. The third kappa shape index (κ3) is 2.84. The number of amides is 1. The van der Waals surface area contributed by atoms with E-state index < -0.39 is 11.9 Å². The molecule has 0 saturated carbocycles. The van der Waals surface area contributed by atoms with Gasteiger partial charge in [-0.3, -0.25) is 4.79 Å². The summed E-state index contributed by atoms with van der Waals surface area (Å²) in [6.45, 7) is 0. The van der Waals surface area contributed by atoms with E-state index in [-0.39, 0.29) is 40.7 Å². The number of carbonyl (C=O) groups excluding carboxylic acids is 1. The molecule has 0 aliphatic rings. The van der Waals surface area contributed by atoms with Gasteiger partial charge in [-0.15, -0.1) is 0 Å². The van der Waals surface area contributed by atoms with E-state index in [0.29, 0.717) is 0 Å². The van der Waals surface area contributed by atoms with Crippen LogP contribution in [0.25, 0.3) is 0 Å². The summed E-state index contributed by atoms with van der Waals surface area (Å²) in [5.41, 5.74) is 4.92. The van der Waals surface area contributed by atoms with Crippen molar-refractivity contribution in [3.63, 3.8) is 0 Å². The second kappa shape index (κ2) is 5.01. The summed E-state index contributed by atoms with van der Waals surface area (Å²) in [5.74, 6) is -1.88. The van der Waals surface area contributed by atoms with Crippen molar-refractivity contribution in [3.05, 3.63) is 35.4 Å². The number of aromatic carboxylic acids is 1. The van der Waals surface area contributed by atoms with Crippen molar-refractivity contribution < 1.29 is 14.7 Å². The molecule has 3 N–H and O–H groups in total. The maximum Gasteiger partial charge on any atom is 0.336 e. The maximum atomic E-state index is 10.7. The van der Waals surface area contributed by atoms with Crippen LogP contribution in [0.4, 0.5) is 0 Å². The van der Waals surface area contributed by atoms with Crippen LogP contribution in [0.5, 0.6) is 0 Å². The Morgan fingerprint density at radius 1 is 1.15 bits per heavy atom.